The van der Waals surface area contributed by atoms with Gasteiger partial charge in [-0.25, -0.2) is 4.39 Å². The third kappa shape index (κ3) is 3.09. The second kappa shape index (κ2) is 5.51. The Morgan fingerprint density at radius 1 is 1.17 bits per heavy atom. The van der Waals surface area contributed by atoms with E-state index >= 15 is 0 Å². The average Bonchev–Trinajstić information content (AvgIpc) is 2.33. The Labute approximate surface area is 111 Å². The minimum atomic E-state index is -0.675. The minimum absolute atomic E-state index is 0.306. The molecule has 94 valence electrons. The monoisotopic (exact) mass is 264 g/mol. The first-order chi connectivity index (χ1) is 8.56. The average molecular weight is 265 g/mol. The lowest BCUT2D eigenvalue weighted by molar-refractivity contribution is 0.178. The summed E-state index contributed by atoms with van der Waals surface area (Å²) in [7, 11) is 0. The summed E-state index contributed by atoms with van der Waals surface area (Å²) in [5, 5.41) is 10.7. The van der Waals surface area contributed by atoms with Gasteiger partial charge in [-0.05, 0) is 41.8 Å². The maximum absolute atomic E-state index is 12.8. The van der Waals surface area contributed by atoms with Gasteiger partial charge in [-0.3, -0.25) is 0 Å². The van der Waals surface area contributed by atoms with Crippen molar-refractivity contribution in [2.75, 3.05) is 0 Å². The fourth-order valence-electron chi connectivity index (χ4n) is 1.83. The van der Waals surface area contributed by atoms with E-state index in [1.54, 1.807) is 12.1 Å². The summed E-state index contributed by atoms with van der Waals surface area (Å²) in [6.45, 7) is 1.96. The van der Waals surface area contributed by atoms with Gasteiger partial charge in [-0.2, -0.15) is 0 Å². The Morgan fingerprint density at radius 2 is 1.83 bits per heavy atom. The standard InChI is InChI=1S/C15H14ClFO/c1-10-2-3-12(14(16)8-10)9-15(18)11-4-6-13(17)7-5-11/h2-8,15,18H,9H2,1H3. The van der Waals surface area contributed by atoms with Crippen LogP contribution in [0, 0.1) is 12.7 Å². The number of rotatable bonds is 3. The highest BCUT2D eigenvalue weighted by Gasteiger charge is 2.11. The molecule has 0 heterocycles. The molecule has 0 aliphatic carbocycles. The molecule has 1 N–H and O–H groups in total. The van der Waals surface area contributed by atoms with Crippen molar-refractivity contribution in [2.45, 2.75) is 19.4 Å². The number of hydrogen-bond donors (Lipinski definition) is 1. The van der Waals surface area contributed by atoms with Crippen molar-refractivity contribution in [3.8, 4) is 0 Å². The third-order valence-corrected chi connectivity index (χ3v) is 3.23. The molecule has 0 bridgehead atoms. The van der Waals surface area contributed by atoms with Crippen LogP contribution < -0.4 is 0 Å². The Hall–Kier alpha value is -1.38. The van der Waals surface area contributed by atoms with Crippen LogP contribution >= 0.6 is 11.6 Å². The Bertz CT molecular complexity index is 537. The molecule has 3 heteroatoms. The van der Waals surface area contributed by atoms with Crippen molar-refractivity contribution >= 4 is 11.6 Å². The summed E-state index contributed by atoms with van der Waals surface area (Å²) in [5.41, 5.74) is 2.66. The van der Waals surface area contributed by atoms with Crippen LogP contribution in [0.4, 0.5) is 4.39 Å². The molecule has 0 aliphatic rings. The zero-order valence-corrected chi connectivity index (χ0v) is 10.8. The molecule has 0 amide bonds. The second-order valence-corrected chi connectivity index (χ2v) is 4.77. The number of halogens is 2. The van der Waals surface area contributed by atoms with Crippen LogP contribution in [0.5, 0.6) is 0 Å². The lowest BCUT2D eigenvalue weighted by Crippen LogP contribution is -2.02. The van der Waals surface area contributed by atoms with E-state index in [2.05, 4.69) is 0 Å². The molecule has 0 aliphatic heterocycles. The summed E-state index contributed by atoms with van der Waals surface area (Å²) >= 11 is 6.12. The van der Waals surface area contributed by atoms with Gasteiger partial charge in [-0.1, -0.05) is 35.9 Å². The molecular weight excluding hydrogens is 251 g/mol. The molecule has 2 rings (SSSR count). The zero-order valence-electron chi connectivity index (χ0n) is 10.0. The molecule has 0 saturated heterocycles. The van der Waals surface area contributed by atoms with E-state index in [9.17, 15) is 9.50 Å². The number of hydrogen-bond acceptors (Lipinski definition) is 1. The zero-order chi connectivity index (χ0) is 13.1. The molecule has 0 saturated carbocycles. The van der Waals surface area contributed by atoms with E-state index < -0.39 is 6.10 Å². The molecular formula is C15H14ClFO. The van der Waals surface area contributed by atoms with Gasteiger partial charge < -0.3 is 5.11 Å². The van der Waals surface area contributed by atoms with Crippen LogP contribution in [0.2, 0.25) is 5.02 Å². The normalized spacial score (nSPS) is 12.4. The number of aliphatic hydroxyl groups is 1. The van der Waals surface area contributed by atoms with Crippen LogP contribution in [-0.2, 0) is 6.42 Å². The van der Waals surface area contributed by atoms with E-state index in [1.165, 1.54) is 12.1 Å². The Kier molecular flexibility index (Phi) is 4.00. The molecule has 2 aromatic carbocycles. The van der Waals surface area contributed by atoms with E-state index in [1.807, 2.05) is 25.1 Å². The lowest BCUT2D eigenvalue weighted by atomic mass is 10.0. The second-order valence-electron chi connectivity index (χ2n) is 4.37. The van der Waals surface area contributed by atoms with Gasteiger partial charge in [0.05, 0.1) is 6.10 Å². The summed E-state index contributed by atoms with van der Waals surface area (Å²) in [6.07, 6.45) is -0.254. The smallest absolute Gasteiger partial charge is 0.123 e. The maximum atomic E-state index is 12.8. The quantitative estimate of drug-likeness (QED) is 0.886. The Morgan fingerprint density at radius 3 is 2.44 bits per heavy atom. The maximum Gasteiger partial charge on any atom is 0.123 e. The fourth-order valence-corrected chi connectivity index (χ4v) is 2.14. The molecule has 1 atom stereocenters. The highest BCUT2D eigenvalue weighted by molar-refractivity contribution is 6.31. The van der Waals surface area contributed by atoms with E-state index in [-0.39, 0.29) is 5.82 Å². The highest BCUT2D eigenvalue weighted by atomic mass is 35.5. The van der Waals surface area contributed by atoms with Crippen LogP contribution in [0.15, 0.2) is 42.5 Å². The van der Waals surface area contributed by atoms with Crippen LogP contribution in [0.1, 0.15) is 22.8 Å². The molecule has 0 fully saturated rings. The minimum Gasteiger partial charge on any atom is -0.388 e. The number of benzene rings is 2. The Balaban J connectivity index is 2.15. The SMILES string of the molecule is Cc1ccc(CC(O)c2ccc(F)cc2)c(Cl)c1. The first-order valence-electron chi connectivity index (χ1n) is 5.75. The van der Waals surface area contributed by atoms with Gasteiger partial charge in [0.25, 0.3) is 0 Å². The summed E-state index contributed by atoms with van der Waals surface area (Å²) in [4.78, 5) is 0. The van der Waals surface area contributed by atoms with Crippen molar-refractivity contribution in [1.29, 1.82) is 0 Å². The van der Waals surface area contributed by atoms with E-state index in [0.29, 0.717) is 17.0 Å². The summed E-state index contributed by atoms with van der Waals surface area (Å²) < 4.78 is 12.8. The van der Waals surface area contributed by atoms with Gasteiger partial charge in [-0.15, -0.1) is 0 Å². The molecule has 0 aromatic heterocycles. The van der Waals surface area contributed by atoms with Gasteiger partial charge in [0.1, 0.15) is 5.82 Å². The van der Waals surface area contributed by atoms with Crippen LogP contribution in [-0.4, -0.2) is 5.11 Å². The van der Waals surface area contributed by atoms with Crippen LogP contribution in [0.25, 0.3) is 0 Å². The van der Waals surface area contributed by atoms with E-state index in [4.69, 9.17) is 11.6 Å². The van der Waals surface area contributed by atoms with Crippen molar-refractivity contribution in [3.63, 3.8) is 0 Å². The fraction of sp³-hybridized carbons (Fsp3) is 0.200. The van der Waals surface area contributed by atoms with Gasteiger partial charge in [0.15, 0.2) is 0 Å². The van der Waals surface area contributed by atoms with Crippen molar-refractivity contribution < 1.29 is 9.50 Å². The van der Waals surface area contributed by atoms with E-state index in [0.717, 1.165) is 11.1 Å². The molecule has 18 heavy (non-hydrogen) atoms. The molecule has 1 nitrogen and oxygen atoms in total. The summed E-state index contributed by atoms with van der Waals surface area (Å²) in [6, 6.07) is 11.6. The molecule has 0 radical (unpaired) electrons. The van der Waals surface area contributed by atoms with Gasteiger partial charge in [0.2, 0.25) is 0 Å². The van der Waals surface area contributed by atoms with Crippen LogP contribution in [0.3, 0.4) is 0 Å². The molecule has 2 aromatic rings. The molecule has 0 spiro atoms. The van der Waals surface area contributed by atoms with Crippen molar-refractivity contribution in [2.24, 2.45) is 0 Å². The van der Waals surface area contributed by atoms with Crippen molar-refractivity contribution in [3.05, 3.63) is 70.0 Å². The van der Waals surface area contributed by atoms with Crippen molar-refractivity contribution in [1.82, 2.24) is 0 Å². The first-order valence-corrected chi connectivity index (χ1v) is 6.12. The lowest BCUT2D eigenvalue weighted by Gasteiger charge is -2.12. The highest BCUT2D eigenvalue weighted by Crippen LogP contribution is 2.24. The third-order valence-electron chi connectivity index (χ3n) is 2.88. The number of aryl methyl sites for hydroxylation is 1. The van der Waals surface area contributed by atoms with Gasteiger partial charge >= 0.3 is 0 Å². The predicted octanol–water partition coefficient (Wildman–Crippen LogP) is 4.06. The summed E-state index contributed by atoms with van der Waals surface area (Å²) in [5.74, 6) is -0.306. The predicted molar refractivity (Wildman–Crippen MR) is 71.3 cm³/mol. The largest absolute Gasteiger partial charge is 0.388 e. The molecule has 1 unspecified atom stereocenters. The number of aliphatic hydroxyl groups excluding tert-OH is 1. The first kappa shape index (κ1) is 13.1. The topological polar surface area (TPSA) is 20.2 Å². The van der Waals surface area contributed by atoms with Gasteiger partial charge in [0, 0.05) is 11.4 Å².